The van der Waals surface area contributed by atoms with E-state index >= 15 is 0 Å². The zero-order valence-electron chi connectivity index (χ0n) is 11.5. The van der Waals surface area contributed by atoms with Crippen LogP contribution in [-0.4, -0.2) is 16.5 Å². The van der Waals surface area contributed by atoms with Crippen molar-refractivity contribution < 1.29 is 14.5 Å². The number of Topliss-reactive ketones (excluding diaryl/α,β-unsaturated/α-hetero) is 2. The average Bonchev–Trinajstić information content (AvgIpc) is 2.52. The second kappa shape index (κ2) is 5.37. The number of hydrogen-bond donors (Lipinski definition) is 0. The minimum atomic E-state index is -0.600. The Hall–Kier alpha value is -3.08. The molecule has 3 rings (SSSR count). The standard InChI is InChI=1S/C17H11NO4/c19-16-13(9-11-5-1-3-7-14(11)17(16)20)10-12-6-2-4-8-15(12)18(21)22/h1-9H,10H2. The Kier molecular flexibility index (Phi) is 3.39. The van der Waals surface area contributed by atoms with Gasteiger partial charge in [-0.2, -0.15) is 0 Å². The molecular formula is C17H11NO4. The molecule has 5 nitrogen and oxygen atoms in total. The van der Waals surface area contributed by atoms with Crippen molar-refractivity contribution >= 4 is 23.3 Å². The first-order valence-electron chi connectivity index (χ1n) is 6.69. The van der Waals surface area contributed by atoms with E-state index in [0.717, 1.165) is 0 Å². The monoisotopic (exact) mass is 293 g/mol. The van der Waals surface area contributed by atoms with E-state index in [1.807, 2.05) is 0 Å². The highest BCUT2D eigenvalue weighted by Crippen LogP contribution is 2.27. The Morgan fingerprint density at radius 2 is 1.59 bits per heavy atom. The van der Waals surface area contributed by atoms with Crippen molar-refractivity contribution in [3.8, 4) is 0 Å². The number of benzene rings is 2. The van der Waals surface area contributed by atoms with Crippen molar-refractivity contribution in [1.29, 1.82) is 0 Å². The predicted molar refractivity (Wildman–Crippen MR) is 80.6 cm³/mol. The van der Waals surface area contributed by atoms with E-state index in [1.165, 1.54) is 6.07 Å². The molecule has 0 unspecified atom stereocenters. The fraction of sp³-hybridized carbons (Fsp3) is 0.0588. The molecule has 2 aromatic rings. The van der Waals surface area contributed by atoms with Gasteiger partial charge in [0.15, 0.2) is 0 Å². The fourth-order valence-corrected chi connectivity index (χ4v) is 2.53. The molecule has 5 heteroatoms. The van der Waals surface area contributed by atoms with Gasteiger partial charge in [0.2, 0.25) is 11.6 Å². The van der Waals surface area contributed by atoms with E-state index < -0.39 is 16.5 Å². The molecule has 0 radical (unpaired) electrons. The van der Waals surface area contributed by atoms with Crippen molar-refractivity contribution in [3.63, 3.8) is 0 Å². The lowest BCUT2D eigenvalue weighted by Gasteiger charge is -2.14. The molecule has 0 aromatic heterocycles. The molecule has 0 heterocycles. The van der Waals surface area contributed by atoms with Gasteiger partial charge in [-0.3, -0.25) is 19.7 Å². The number of fused-ring (bicyclic) bond motifs is 1. The molecule has 0 aliphatic heterocycles. The summed E-state index contributed by atoms with van der Waals surface area (Å²) in [5.41, 5.74) is 1.68. The predicted octanol–water partition coefficient (Wildman–Crippen LogP) is 2.99. The van der Waals surface area contributed by atoms with E-state index in [1.54, 1.807) is 48.5 Å². The minimum Gasteiger partial charge on any atom is -0.285 e. The topological polar surface area (TPSA) is 77.3 Å². The molecule has 0 N–H and O–H groups in total. The van der Waals surface area contributed by atoms with Gasteiger partial charge in [0.25, 0.3) is 5.69 Å². The van der Waals surface area contributed by atoms with Crippen LogP contribution in [0.3, 0.4) is 0 Å². The maximum atomic E-state index is 12.2. The van der Waals surface area contributed by atoms with Crippen LogP contribution in [0.4, 0.5) is 5.69 Å². The van der Waals surface area contributed by atoms with Crippen LogP contribution in [0.5, 0.6) is 0 Å². The van der Waals surface area contributed by atoms with E-state index in [9.17, 15) is 19.7 Å². The first kappa shape index (κ1) is 13.9. The van der Waals surface area contributed by atoms with Gasteiger partial charge in [0.1, 0.15) is 0 Å². The molecule has 0 atom stereocenters. The molecule has 0 saturated heterocycles. The highest BCUT2D eigenvalue weighted by Gasteiger charge is 2.28. The Labute approximate surface area is 126 Å². The first-order chi connectivity index (χ1) is 10.6. The van der Waals surface area contributed by atoms with Gasteiger partial charge in [-0.15, -0.1) is 0 Å². The van der Waals surface area contributed by atoms with Crippen molar-refractivity contribution in [2.24, 2.45) is 0 Å². The van der Waals surface area contributed by atoms with Gasteiger partial charge in [-0.05, 0) is 11.6 Å². The number of rotatable bonds is 3. The van der Waals surface area contributed by atoms with Crippen LogP contribution in [0.15, 0.2) is 54.1 Å². The quantitative estimate of drug-likeness (QED) is 0.495. The highest BCUT2D eigenvalue weighted by atomic mass is 16.6. The summed E-state index contributed by atoms with van der Waals surface area (Å²) in [6, 6.07) is 13.1. The van der Waals surface area contributed by atoms with Crippen LogP contribution in [0.25, 0.3) is 6.08 Å². The number of hydrogen-bond acceptors (Lipinski definition) is 4. The van der Waals surface area contributed by atoms with E-state index in [-0.39, 0.29) is 17.7 Å². The summed E-state index contributed by atoms with van der Waals surface area (Å²) in [6.07, 6.45) is 1.70. The molecule has 22 heavy (non-hydrogen) atoms. The number of para-hydroxylation sites is 1. The molecule has 0 fully saturated rings. The third-order valence-corrected chi connectivity index (χ3v) is 3.60. The number of allylic oxidation sites excluding steroid dienone is 1. The molecule has 0 bridgehead atoms. The molecule has 0 amide bonds. The SMILES string of the molecule is O=C1C(=O)c2ccccc2C=C1Cc1ccccc1[N+](=O)[O-]. The summed E-state index contributed by atoms with van der Waals surface area (Å²) in [5, 5.41) is 11.0. The van der Waals surface area contributed by atoms with Crippen molar-refractivity contribution in [3.05, 3.63) is 80.9 Å². The Morgan fingerprint density at radius 3 is 2.36 bits per heavy atom. The number of nitrogens with zero attached hydrogens (tertiary/aromatic N) is 1. The molecular weight excluding hydrogens is 282 g/mol. The molecule has 0 spiro atoms. The Morgan fingerprint density at radius 1 is 0.909 bits per heavy atom. The molecule has 1 aliphatic rings. The van der Waals surface area contributed by atoms with Gasteiger partial charge in [0, 0.05) is 29.2 Å². The highest BCUT2D eigenvalue weighted by molar-refractivity contribution is 6.51. The summed E-state index contributed by atoms with van der Waals surface area (Å²) in [7, 11) is 0. The molecule has 0 saturated carbocycles. The number of carbonyl (C=O) groups excluding carboxylic acids is 2. The lowest BCUT2D eigenvalue weighted by molar-refractivity contribution is -0.385. The maximum Gasteiger partial charge on any atom is 0.272 e. The minimum absolute atomic E-state index is 0.0532. The molecule has 2 aromatic carbocycles. The van der Waals surface area contributed by atoms with Crippen molar-refractivity contribution in [1.82, 2.24) is 0 Å². The third kappa shape index (κ3) is 2.33. The normalized spacial score (nSPS) is 13.5. The van der Waals surface area contributed by atoms with Gasteiger partial charge >= 0.3 is 0 Å². The fourth-order valence-electron chi connectivity index (χ4n) is 2.53. The summed E-state index contributed by atoms with van der Waals surface area (Å²) in [4.78, 5) is 34.9. The van der Waals surface area contributed by atoms with Crippen LogP contribution in [0.1, 0.15) is 21.5 Å². The molecule has 1 aliphatic carbocycles. The zero-order valence-corrected chi connectivity index (χ0v) is 11.5. The van der Waals surface area contributed by atoms with Gasteiger partial charge in [-0.1, -0.05) is 42.5 Å². The van der Waals surface area contributed by atoms with E-state index in [4.69, 9.17) is 0 Å². The van der Waals surface area contributed by atoms with Gasteiger partial charge in [-0.25, -0.2) is 0 Å². The lowest BCUT2D eigenvalue weighted by atomic mass is 9.87. The largest absolute Gasteiger partial charge is 0.285 e. The summed E-state index contributed by atoms with van der Waals surface area (Å²) in [5.74, 6) is -1.16. The van der Waals surface area contributed by atoms with Crippen LogP contribution in [0.2, 0.25) is 0 Å². The van der Waals surface area contributed by atoms with Crippen molar-refractivity contribution in [2.45, 2.75) is 6.42 Å². The first-order valence-corrected chi connectivity index (χ1v) is 6.69. The Bertz CT molecular complexity index is 836. The zero-order chi connectivity index (χ0) is 15.7. The number of nitro benzene ring substituents is 1. The second-order valence-corrected chi connectivity index (χ2v) is 4.98. The summed E-state index contributed by atoms with van der Waals surface area (Å²) in [6.45, 7) is 0. The third-order valence-electron chi connectivity index (χ3n) is 3.60. The van der Waals surface area contributed by atoms with Gasteiger partial charge < -0.3 is 0 Å². The van der Waals surface area contributed by atoms with Crippen LogP contribution >= 0.6 is 0 Å². The number of nitro groups is 1. The van der Waals surface area contributed by atoms with Crippen LogP contribution < -0.4 is 0 Å². The van der Waals surface area contributed by atoms with E-state index in [2.05, 4.69) is 0 Å². The summed E-state index contributed by atoms with van der Waals surface area (Å²) >= 11 is 0. The van der Waals surface area contributed by atoms with Crippen molar-refractivity contribution in [2.75, 3.05) is 0 Å². The number of carbonyl (C=O) groups is 2. The maximum absolute atomic E-state index is 12.2. The lowest BCUT2D eigenvalue weighted by Crippen LogP contribution is -2.22. The smallest absolute Gasteiger partial charge is 0.272 e. The summed E-state index contributed by atoms with van der Waals surface area (Å²) < 4.78 is 0. The van der Waals surface area contributed by atoms with Gasteiger partial charge in [0.05, 0.1) is 4.92 Å². The van der Waals surface area contributed by atoms with E-state index in [0.29, 0.717) is 16.7 Å². The second-order valence-electron chi connectivity index (χ2n) is 4.98. The number of ketones is 2. The van der Waals surface area contributed by atoms with Crippen LogP contribution in [0, 0.1) is 10.1 Å². The molecule has 108 valence electrons. The average molecular weight is 293 g/mol. The Balaban J connectivity index is 2.04. The van der Waals surface area contributed by atoms with Crippen LogP contribution in [-0.2, 0) is 11.2 Å².